The van der Waals surface area contributed by atoms with E-state index in [1.807, 2.05) is 4.90 Å². The van der Waals surface area contributed by atoms with Gasteiger partial charge in [0.15, 0.2) is 0 Å². The minimum absolute atomic E-state index is 0.0218. The van der Waals surface area contributed by atoms with Crippen LogP contribution < -0.4 is 5.32 Å². The maximum Gasteiger partial charge on any atom is 0.226 e. The third-order valence-electron chi connectivity index (χ3n) is 4.08. The monoisotopic (exact) mass is 283 g/mol. The number of carbonyl (C=O) groups is 2. The third kappa shape index (κ3) is 3.93. The molecule has 1 heterocycles. The number of nitrogens with one attached hydrogen (secondary N) is 1. The van der Waals surface area contributed by atoms with Crippen molar-refractivity contribution in [1.82, 2.24) is 15.1 Å². The molecule has 20 heavy (non-hydrogen) atoms. The third-order valence-corrected chi connectivity index (χ3v) is 4.08. The van der Waals surface area contributed by atoms with Gasteiger partial charge in [0.05, 0.1) is 11.8 Å². The van der Waals surface area contributed by atoms with E-state index in [0.29, 0.717) is 19.6 Å². The molecule has 0 radical (unpaired) electrons. The van der Waals surface area contributed by atoms with Gasteiger partial charge >= 0.3 is 0 Å². The molecular weight excluding hydrogens is 258 g/mol. The molecule has 0 spiro atoms. The minimum atomic E-state index is -0.107. The Balaban J connectivity index is 1.68. The number of piperazine rings is 1. The van der Waals surface area contributed by atoms with Gasteiger partial charge < -0.3 is 19.9 Å². The van der Waals surface area contributed by atoms with Crippen molar-refractivity contribution in [3.63, 3.8) is 0 Å². The highest BCUT2D eigenvalue weighted by Gasteiger charge is 2.49. The smallest absolute Gasteiger partial charge is 0.226 e. The number of hydrogen-bond acceptors (Lipinski definition) is 4. The largest absolute Gasteiger partial charge is 0.385 e. The number of carbonyl (C=O) groups excluding carboxylic acids is 2. The molecular formula is C14H25N3O3. The van der Waals surface area contributed by atoms with E-state index in [0.717, 1.165) is 32.6 Å². The molecule has 2 amide bonds. The molecule has 0 bridgehead atoms. The van der Waals surface area contributed by atoms with Crippen LogP contribution in [0.1, 0.15) is 12.8 Å². The summed E-state index contributed by atoms with van der Waals surface area (Å²) in [6.07, 6.45) is 1.52. The van der Waals surface area contributed by atoms with Gasteiger partial charge in [-0.2, -0.15) is 0 Å². The summed E-state index contributed by atoms with van der Waals surface area (Å²) in [4.78, 5) is 28.3. The molecule has 2 unspecified atom stereocenters. The molecule has 0 aromatic heterocycles. The standard InChI is InChI=1S/C14H25N3O3/c1-16-5-7-17(8-6-16)14(19)12-10-11(12)13(18)15-4-3-9-20-2/h11-12H,3-10H2,1-2H3,(H,15,18). The Kier molecular flexibility index (Phi) is 5.37. The maximum absolute atomic E-state index is 12.3. The zero-order valence-corrected chi connectivity index (χ0v) is 12.4. The van der Waals surface area contributed by atoms with Gasteiger partial charge in [0, 0.05) is 46.4 Å². The van der Waals surface area contributed by atoms with Crippen molar-refractivity contribution in [3.05, 3.63) is 0 Å². The topological polar surface area (TPSA) is 61.9 Å². The summed E-state index contributed by atoms with van der Waals surface area (Å²) in [5.74, 6) is -0.00532. The molecule has 2 fully saturated rings. The average Bonchev–Trinajstić information content (AvgIpc) is 3.24. The van der Waals surface area contributed by atoms with Crippen LogP contribution in [0, 0.1) is 11.8 Å². The van der Waals surface area contributed by atoms with Crippen LogP contribution in [0.15, 0.2) is 0 Å². The lowest BCUT2D eigenvalue weighted by molar-refractivity contribution is -0.136. The molecule has 6 heteroatoms. The molecule has 1 aliphatic heterocycles. The SMILES string of the molecule is COCCCNC(=O)C1CC1C(=O)N1CCN(C)CC1. The number of methoxy groups -OCH3 is 1. The number of amides is 2. The Morgan fingerprint density at radius 2 is 1.90 bits per heavy atom. The van der Waals surface area contributed by atoms with Crippen molar-refractivity contribution < 1.29 is 14.3 Å². The van der Waals surface area contributed by atoms with E-state index in [4.69, 9.17) is 4.74 Å². The van der Waals surface area contributed by atoms with Crippen molar-refractivity contribution in [1.29, 1.82) is 0 Å². The average molecular weight is 283 g/mol. The van der Waals surface area contributed by atoms with Gasteiger partial charge in [0.25, 0.3) is 0 Å². The van der Waals surface area contributed by atoms with E-state index in [1.165, 1.54) is 0 Å². The van der Waals surface area contributed by atoms with Crippen molar-refractivity contribution in [3.8, 4) is 0 Å². The zero-order chi connectivity index (χ0) is 14.5. The molecule has 1 saturated heterocycles. The molecule has 0 aromatic carbocycles. The Morgan fingerprint density at radius 1 is 1.20 bits per heavy atom. The van der Waals surface area contributed by atoms with E-state index in [9.17, 15) is 9.59 Å². The zero-order valence-electron chi connectivity index (χ0n) is 12.4. The van der Waals surface area contributed by atoms with Crippen LogP contribution in [-0.2, 0) is 14.3 Å². The van der Waals surface area contributed by atoms with Gasteiger partial charge in [-0.1, -0.05) is 0 Å². The van der Waals surface area contributed by atoms with Crippen LogP contribution in [0.25, 0.3) is 0 Å². The number of likely N-dealkylation sites (N-methyl/N-ethyl adjacent to an activating group) is 1. The summed E-state index contributed by atoms with van der Waals surface area (Å²) in [6.45, 7) is 4.69. The predicted octanol–water partition coefficient (Wildman–Crippen LogP) is -0.451. The molecule has 0 aromatic rings. The van der Waals surface area contributed by atoms with Crippen molar-refractivity contribution in [2.75, 3.05) is 53.5 Å². The summed E-state index contributed by atoms with van der Waals surface area (Å²) in [7, 11) is 3.71. The van der Waals surface area contributed by atoms with E-state index >= 15 is 0 Å². The van der Waals surface area contributed by atoms with Crippen LogP contribution in [0.5, 0.6) is 0 Å². The van der Waals surface area contributed by atoms with Crippen LogP contribution in [0.2, 0.25) is 0 Å². The number of rotatable bonds is 6. The lowest BCUT2D eigenvalue weighted by atomic mass is 10.2. The van der Waals surface area contributed by atoms with Crippen molar-refractivity contribution in [2.45, 2.75) is 12.8 Å². The number of nitrogens with zero attached hydrogens (tertiary/aromatic N) is 2. The second-order valence-electron chi connectivity index (χ2n) is 5.71. The molecule has 2 aliphatic rings. The summed E-state index contributed by atoms with van der Waals surface area (Å²) >= 11 is 0. The molecule has 1 saturated carbocycles. The summed E-state index contributed by atoms with van der Waals surface area (Å²) in [5, 5.41) is 2.88. The molecule has 6 nitrogen and oxygen atoms in total. The Hall–Kier alpha value is -1.14. The molecule has 1 aliphatic carbocycles. The summed E-state index contributed by atoms with van der Waals surface area (Å²) < 4.78 is 4.93. The minimum Gasteiger partial charge on any atom is -0.385 e. The van der Waals surface area contributed by atoms with E-state index in [1.54, 1.807) is 7.11 Å². The van der Waals surface area contributed by atoms with Crippen LogP contribution in [0.4, 0.5) is 0 Å². The number of ether oxygens (including phenoxy) is 1. The van der Waals surface area contributed by atoms with Gasteiger partial charge in [-0.15, -0.1) is 0 Å². The van der Waals surface area contributed by atoms with Crippen molar-refractivity contribution >= 4 is 11.8 Å². The highest BCUT2D eigenvalue weighted by Crippen LogP contribution is 2.40. The molecule has 2 atom stereocenters. The van der Waals surface area contributed by atoms with Gasteiger partial charge in [-0.05, 0) is 19.9 Å². The van der Waals surface area contributed by atoms with Gasteiger partial charge in [-0.3, -0.25) is 9.59 Å². The molecule has 1 N–H and O–H groups in total. The van der Waals surface area contributed by atoms with Gasteiger partial charge in [0.2, 0.25) is 11.8 Å². The first-order chi connectivity index (χ1) is 9.63. The fourth-order valence-corrected chi connectivity index (χ4v) is 2.58. The second-order valence-corrected chi connectivity index (χ2v) is 5.71. The number of hydrogen-bond donors (Lipinski definition) is 1. The van der Waals surface area contributed by atoms with E-state index < -0.39 is 0 Å². The first-order valence-corrected chi connectivity index (χ1v) is 7.37. The molecule has 2 rings (SSSR count). The highest BCUT2D eigenvalue weighted by atomic mass is 16.5. The summed E-state index contributed by atoms with van der Waals surface area (Å²) in [6, 6.07) is 0. The maximum atomic E-state index is 12.3. The Labute approximate surface area is 120 Å². The molecule has 114 valence electrons. The quantitative estimate of drug-likeness (QED) is 0.671. The predicted molar refractivity (Wildman–Crippen MR) is 75.2 cm³/mol. The Morgan fingerprint density at radius 3 is 2.55 bits per heavy atom. The lowest BCUT2D eigenvalue weighted by Gasteiger charge is -2.32. The van der Waals surface area contributed by atoms with Crippen LogP contribution in [-0.4, -0.2) is 75.1 Å². The second kappa shape index (κ2) is 7.04. The highest BCUT2D eigenvalue weighted by molar-refractivity contribution is 5.92. The van der Waals surface area contributed by atoms with Crippen molar-refractivity contribution in [2.24, 2.45) is 11.8 Å². The van der Waals surface area contributed by atoms with E-state index in [2.05, 4.69) is 17.3 Å². The fourth-order valence-electron chi connectivity index (χ4n) is 2.58. The van der Waals surface area contributed by atoms with Gasteiger partial charge in [-0.25, -0.2) is 0 Å². The van der Waals surface area contributed by atoms with Crippen LogP contribution >= 0.6 is 0 Å². The van der Waals surface area contributed by atoms with Crippen LogP contribution in [0.3, 0.4) is 0 Å². The normalized spacial score (nSPS) is 26.4. The first kappa shape index (κ1) is 15.3. The van der Waals surface area contributed by atoms with Gasteiger partial charge in [0.1, 0.15) is 0 Å². The first-order valence-electron chi connectivity index (χ1n) is 7.37. The fraction of sp³-hybridized carbons (Fsp3) is 0.857. The lowest BCUT2D eigenvalue weighted by Crippen LogP contribution is -2.48. The van der Waals surface area contributed by atoms with E-state index in [-0.39, 0.29) is 23.7 Å². The Bertz CT molecular complexity index is 354. The summed E-state index contributed by atoms with van der Waals surface area (Å²) in [5.41, 5.74) is 0.